The van der Waals surface area contributed by atoms with E-state index in [0.717, 1.165) is 34.8 Å². The van der Waals surface area contributed by atoms with Crippen molar-refractivity contribution in [2.45, 2.75) is 111 Å². The topological polar surface area (TPSA) is 58.2 Å². The van der Waals surface area contributed by atoms with Gasteiger partial charge in [0.15, 0.2) is 5.54 Å². The predicted octanol–water partition coefficient (Wildman–Crippen LogP) is 9.24. The maximum atomic E-state index is 12.3. The molecule has 0 spiro atoms. The average molecular weight is 535 g/mol. The van der Waals surface area contributed by atoms with Crippen molar-refractivity contribution in [1.29, 1.82) is 0 Å². The van der Waals surface area contributed by atoms with Gasteiger partial charge in [-0.15, -0.1) is 0 Å². The Morgan fingerprint density at radius 3 is 1.38 bits per heavy atom. The highest BCUT2D eigenvalue weighted by Crippen LogP contribution is 2.32. The number of carbonyl (C=O) groups is 2. The molecule has 1 heterocycles. The number of rotatable bonds is 15. The van der Waals surface area contributed by atoms with Crippen LogP contribution in [0, 0.1) is 23.7 Å². The van der Waals surface area contributed by atoms with E-state index in [1.807, 2.05) is 60.7 Å². The van der Waals surface area contributed by atoms with Gasteiger partial charge in [0.1, 0.15) is 0 Å². The molecule has 1 aliphatic heterocycles. The number of urea groups is 1. The monoisotopic (exact) mass is 534 g/mol. The van der Waals surface area contributed by atoms with Crippen molar-refractivity contribution < 1.29 is 9.59 Å². The van der Waals surface area contributed by atoms with Crippen molar-refractivity contribution in [3.8, 4) is 0 Å². The highest BCUT2D eigenvalue weighted by atomic mass is 16.2. The predicted molar refractivity (Wildman–Crippen MR) is 165 cm³/mol. The highest BCUT2D eigenvalue weighted by Gasteiger charge is 2.48. The van der Waals surface area contributed by atoms with Crippen molar-refractivity contribution in [3.63, 3.8) is 0 Å². The number of hydrogen-bond donors (Lipinski definition) is 2. The standard InChI is InChI=1S/C20H42.C15H12N2O2/c1-7-18(4)12-9-14-20(6)16-10-15-19(5)13-8-11-17(2)3;18-13-15(17-14(19)16-13,11-7-3-1-4-8-11)12-9-5-2-6-10-12/h17-20H,7-16H2,1-6H3;1-10H,(H2,16,17,18,19). The van der Waals surface area contributed by atoms with Crippen LogP contribution in [0.5, 0.6) is 0 Å². The summed E-state index contributed by atoms with van der Waals surface area (Å²) >= 11 is 0. The molecule has 2 aromatic carbocycles. The van der Waals surface area contributed by atoms with Crippen LogP contribution in [0.4, 0.5) is 4.79 Å². The molecule has 1 saturated heterocycles. The van der Waals surface area contributed by atoms with Gasteiger partial charge >= 0.3 is 6.03 Å². The molecule has 1 fully saturated rings. The van der Waals surface area contributed by atoms with E-state index in [0.29, 0.717) is 0 Å². The summed E-state index contributed by atoms with van der Waals surface area (Å²) in [4.78, 5) is 23.9. The summed E-state index contributed by atoms with van der Waals surface area (Å²) in [5.74, 6) is 3.36. The summed E-state index contributed by atoms with van der Waals surface area (Å²) in [6.45, 7) is 14.3. The van der Waals surface area contributed by atoms with Crippen molar-refractivity contribution in [3.05, 3.63) is 71.8 Å². The fourth-order valence-electron chi connectivity index (χ4n) is 5.40. The Morgan fingerprint density at radius 1 is 0.615 bits per heavy atom. The van der Waals surface area contributed by atoms with E-state index in [9.17, 15) is 9.59 Å². The number of carbonyl (C=O) groups excluding carboxylic acids is 2. The van der Waals surface area contributed by atoms with Gasteiger partial charge in [-0.3, -0.25) is 10.1 Å². The lowest BCUT2D eigenvalue weighted by Gasteiger charge is -2.27. The molecule has 3 atom stereocenters. The lowest BCUT2D eigenvalue weighted by molar-refractivity contribution is -0.122. The SMILES string of the molecule is CCC(C)CCCC(C)CCCC(C)CCCC(C)C.O=C1NC(=O)C(c2ccccc2)(c2ccccc2)N1. The van der Waals surface area contributed by atoms with Crippen LogP contribution in [0.15, 0.2) is 60.7 Å². The summed E-state index contributed by atoms with van der Waals surface area (Å²) in [5.41, 5.74) is 0.341. The first-order chi connectivity index (χ1) is 18.7. The molecule has 0 aromatic heterocycles. The number of hydrogen-bond acceptors (Lipinski definition) is 2. The fraction of sp³-hybridized carbons (Fsp3) is 0.600. The Bertz CT molecular complexity index is 918. The molecule has 0 bridgehead atoms. The van der Waals surface area contributed by atoms with E-state index < -0.39 is 11.6 Å². The Labute approximate surface area is 238 Å². The number of imide groups is 1. The van der Waals surface area contributed by atoms with E-state index >= 15 is 0 Å². The van der Waals surface area contributed by atoms with Crippen LogP contribution in [0.25, 0.3) is 0 Å². The minimum absolute atomic E-state index is 0.352. The molecule has 3 amide bonds. The van der Waals surface area contributed by atoms with E-state index in [1.54, 1.807) is 0 Å². The van der Waals surface area contributed by atoms with Crippen LogP contribution in [-0.2, 0) is 10.3 Å². The highest BCUT2D eigenvalue weighted by molar-refractivity contribution is 6.09. The summed E-state index contributed by atoms with van der Waals surface area (Å²) < 4.78 is 0. The van der Waals surface area contributed by atoms with Crippen LogP contribution in [0.1, 0.15) is 117 Å². The van der Waals surface area contributed by atoms with Crippen molar-refractivity contribution in [1.82, 2.24) is 10.6 Å². The first-order valence-electron chi connectivity index (χ1n) is 15.4. The summed E-state index contributed by atoms with van der Waals surface area (Å²) in [6, 6.07) is 18.0. The van der Waals surface area contributed by atoms with Crippen molar-refractivity contribution in [2.24, 2.45) is 23.7 Å². The van der Waals surface area contributed by atoms with Crippen molar-refractivity contribution >= 4 is 11.9 Å². The maximum Gasteiger partial charge on any atom is 0.322 e. The first kappa shape index (κ1) is 32.6. The van der Waals surface area contributed by atoms with E-state index in [-0.39, 0.29) is 5.91 Å². The van der Waals surface area contributed by atoms with Crippen LogP contribution >= 0.6 is 0 Å². The molecular formula is C35H54N2O2. The second-order valence-corrected chi connectivity index (χ2v) is 12.3. The van der Waals surface area contributed by atoms with Gasteiger partial charge in [0.05, 0.1) is 0 Å². The molecular weight excluding hydrogens is 480 g/mol. The van der Waals surface area contributed by atoms with Gasteiger partial charge in [0, 0.05) is 0 Å². The van der Waals surface area contributed by atoms with Gasteiger partial charge in [-0.2, -0.15) is 0 Å². The zero-order valence-electron chi connectivity index (χ0n) is 25.5. The smallest absolute Gasteiger partial charge is 0.316 e. The Morgan fingerprint density at radius 2 is 1.03 bits per heavy atom. The van der Waals surface area contributed by atoms with E-state index in [4.69, 9.17) is 0 Å². The molecule has 3 unspecified atom stereocenters. The molecule has 2 N–H and O–H groups in total. The molecule has 0 aliphatic carbocycles. The number of amides is 3. The minimum atomic E-state index is -1.14. The summed E-state index contributed by atoms with van der Waals surface area (Å²) in [5, 5.41) is 5.07. The molecule has 4 heteroatoms. The number of nitrogens with one attached hydrogen (secondary N) is 2. The molecule has 39 heavy (non-hydrogen) atoms. The van der Waals surface area contributed by atoms with Gasteiger partial charge in [0.25, 0.3) is 5.91 Å². The lowest BCUT2D eigenvalue weighted by Crippen LogP contribution is -2.44. The Hall–Kier alpha value is -2.62. The van der Waals surface area contributed by atoms with Gasteiger partial charge in [0.2, 0.25) is 0 Å². The Balaban J connectivity index is 0.000000273. The lowest BCUT2D eigenvalue weighted by atomic mass is 9.83. The van der Waals surface area contributed by atoms with E-state index in [2.05, 4.69) is 52.2 Å². The third kappa shape index (κ3) is 10.8. The third-order valence-corrected chi connectivity index (χ3v) is 8.25. The second kappa shape index (κ2) is 17.2. The third-order valence-electron chi connectivity index (χ3n) is 8.25. The Kier molecular flexibility index (Phi) is 14.3. The van der Waals surface area contributed by atoms with Crippen LogP contribution in [0.2, 0.25) is 0 Å². The summed E-state index contributed by atoms with van der Waals surface area (Å²) in [7, 11) is 0. The molecule has 0 radical (unpaired) electrons. The van der Waals surface area contributed by atoms with Gasteiger partial charge in [-0.05, 0) is 34.8 Å². The second-order valence-electron chi connectivity index (χ2n) is 12.3. The van der Waals surface area contributed by atoms with Crippen LogP contribution in [-0.4, -0.2) is 11.9 Å². The first-order valence-corrected chi connectivity index (χ1v) is 15.4. The molecule has 3 rings (SSSR count). The zero-order valence-corrected chi connectivity index (χ0v) is 25.5. The minimum Gasteiger partial charge on any atom is -0.316 e. The zero-order chi connectivity index (χ0) is 28.7. The van der Waals surface area contributed by atoms with E-state index in [1.165, 1.54) is 64.2 Å². The molecule has 1 aliphatic rings. The largest absolute Gasteiger partial charge is 0.322 e. The van der Waals surface area contributed by atoms with Gasteiger partial charge < -0.3 is 5.32 Å². The van der Waals surface area contributed by atoms with Gasteiger partial charge in [-0.1, -0.05) is 166 Å². The van der Waals surface area contributed by atoms with Crippen LogP contribution in [0.3, 0.4) is 0 Å². The maximum absolute atomic E-state index is 12.3. The average Bonchev–Trinajstić information content (AvgIpc) is 3.24. The number of benzene rings is 2. The quantitative estimate of drug-likeness (QED) is 0.224. The van der Waals surface area contributed by atoms with Gasteiger partial charge in [-0.25, -0.2) is 4.79 Å². The fourth-order valence-corrected chi connectivity index (χ4v) is 5.40. The molecule has 2 aromatic rings. The summed E-state index contributed by atoms with van der Waals surface area (Å²) in [6.07, 6.45) is 14.3. The molecule has 0 saturated carbocycles. The normalized spacial score (nSPS) is 16.6. The van der Waals surface area contributed by atoms with Crippen molar-refractivity contribution in [2.75, 3.05) is 0 Å². The molecule has 216 valence electrons. The molecule has 4 nitrogen and oxygen atoms in total. The van der Waals surface area contributed by atoms with Crippen LogP contribution < -0.4 is 10.6 Å².